The van der Waals surface area contributed by atoms with Gasteiger partial charge in [0.05, 0.1) is 11.4 Å². The molecule has 2 rings (SSSR count). The molecule has 0 amide bonds. The lowest BCUT2D eigenvalue weighted by molar-refractivity contribution is 0.887. The molecule has 2 aromatic rings. The third-order valence-corrected chi connectivity index (χ3v) is 5.41. The SMILES string of the molecule is CCCc1csc(CSc2ccccc2Br)n1. The van der Waals surface area contributed by atoms with Crippen molar-refractivity contribution >= 4 is 39.0 Å². The first-order chi connectivity index (χ1) is 8.29. The molecule has 0 radical (unpaired) electrons. The van der Waals surface area contributed by atoms with Crippen LogP contribution in [0.2, 0.25) is 0 Å². The van der Waals surface area contributed by atoms with E-state index >= 15 is 0 Å². The highest BCUT2D eigenvalue weighted by Crippen LogP contribution is 2.30. The van der Waals surface area contributed by atoms with Crippen molar-refractivity contribution in [2.45, 2.75) is 30.4 Å². The predicted molar refractivity (Wildman–Crippen MR) is 79.8 cm³/mol. The molecular weight excluding hydrogens is 314 g/mol. The van der Waals surface area contributed by atoms with Crippen molar-refractivity contribution in [2.75, 3.05) is 0 Å². The maximum absolute atomic E-state index is 4.63. The van der Waals surface area contributed by atoms with Crippen molar-refractivity contribution in [1.82, 2.24) is 4.98 Å². The zero-order valence-electron chi connectivity index (χ0n) is 9.65. The molecular formula is C13H14BrNS2. The number of nitrogens with zero attached hydrogens (tertiary/aromatic N) is 1. The molecule has 0 saturated heterocycles. The van der Waals surface area contributed by atoms with E-state index in [4.69, 9.17) is 0 Å². The van der Waals surface area contributed by atoms with Crippen LogP contribution in [0, 0.1) is 0 Å². The molecule has 0 spiro atoms. The minimum atomic E-state index is 0.955. The molecule has 0 aliphatic rings. The number of aryl methyl sites for hydroxylation is 1. The zero-order chi connectivity index (χ0) is 12.1. The maximum Gasteiger partial charge on any atom is 0.103 e. The van der Waals surface area contributed by atoms with Crippen molar-refractivity contribution in [3.63, 3.8) is 0 Å². The van der Waals surface area contributed by atoms with Crippen LogP contribution in [-0.2, 0) is 12.2 Å². The molecule has 0 saturated carbocycles. The first kappa shape index (κ1) is 13.1. The van der Waals surface area contributed by atoms with Crippen LogP contribution >= 0.6 is 39.0 Å². The highest BCUT2D eigenvalue weighted by molar-refractivity contribution is 9.10. The van der Waals surface area contributed by atoms with Gasteiger partial charge in [-0.05, 0) is 34.5 Å². The van der Waals surface area contributed by atoms with E-state index in [0.29, 0.717) is 0 Å². The number of thiazole rings is 1. The average molecular weight is 328 g/mol. The van der Waals surface area contributed by atoms with Crippen LogP contribution in [0.5, 0.6) is 0 Å². The summed E-state index contributed by atoms with van der Waals surface area (Å²) >= 11 is 7.16. The number of hydrogen-bond donors (Lipinski definition) is 0. The van der Waals surface area contributed by atoms with E-state index in [0.717, 1.165) is 16.6 Å². The van der Waals surface area contributed by atoms with Crippen LogP contribution < -0.4 is 0 Å². The highest BCUT2D eigenvalue weighted by atomic mass is 79.9. The maximum atomic E-state index is 4.63. The molecule has 17 heavy (non-hydrogen) atoms. The Labute approximate surface area is 119 Å². The highest BCUT2D eigenvalue weighted by Gasteiger charge is 2.04. The Morgan fingerprint density at radius 1 is 1.35 bits per heavy atom. The number of halogens is 1. The van der Waals surface area contributed by atoms with Crippen LogP contribution in [-0.4, -0.2) is 4.98 Å². The number of benzene rings is 1. The van der Waals surface area contributed by atoms with Crippen LogP contribution in [0.15, 0.2) is 39.0 Å². The van der Waals surface area contributed by atoms with Crippen molar-refractivity contribution in [1.29, 1.82) is 0 Å². The van der Waals surface area contributed by atoms with Gasteiger partial charge in [0.1, 0.15) is 5.01 Å². The van der Waals surface area contributed by atoms with Crippen molar-refractivity contribution < 1.29 is 0 Å². The predicted octanol–water partition coefficient (Wildman–Crippen LogP) is 5.15. The lowest BCUT2D eigenvalue weighted by Gasteiger charge is -2.01. The van der Waals surface area contributed by atoms with Gasteiger partial charge in [0, 0.05) is 14.7 Å². The molecule has 1 aromatic carbocycles. The van der Waals surface area contributed by atoms with E-state index < -0.39 is 0 Å². The van der Waals surface area contributed by atoms with Gasteiger partial charge >= 0.3 is 0 Å². The normalized spacial score (nSPS) is 10.7. The molecule has 4 heteroatoms. The van der Waals surface area contributed by atoms with Crippen LogP contribution in [0.1, 0.15) is 24.0 Å². The second kappa shape index (κ2) is 6.57. The quantitative estimate of drug-likeness (QED) is 0.704. The molecule has 0 aliphatic carbocycles. The lowest BCUT2D eigenvalue weighted by atomic mass is 10.3. The molecule has 1 aromatic heterocycles. The Balaban J connectivity index is 1.95. The van der Waals surface area contributed by atoms with E-state index in [-0.39, 0.29) is 0 Å². The van der Waals surface area contributed by atoms with Gasteiger partial charge in [-0.25, -0.2) is 4.98 Å². The van der Waals surface area contributed by atoms with Gasteiger partial charge in [-0.2, -0.15) is 0 Å². The molecule has 0 unspecified atom stereocenters. The van der Waals surface area contributed by atoms with Crippen LogP contribution in [0.4, 0.5) is 0 Å². The molecule has 1 heterocycles. The van der Waals surface area contributed by atoms with Gasteiger partial charge in [-0.3, -0.25) is 0 Å². The van der Waals surface area contributed by atoms with Gasteiger partial charge in [-0.15, -0.1) is 23.1 Å². The Kier molecular flexibility index (Phi) is 5.07. The minimum absolute atomic E-state index is 0.955. The number of rotatable bonds is 5. The summed E-state index contributed by atoms with van der Waals surface area (Å²) in [6.45, 7) is 2.19. The first-order valence-corrected chi connectivity index (χ1v) is 8.26. The molecule has 0 fully saturated rings. The third kappa shape index (κ3) is 3.83. The summed E-state index contributed by atoms with van der Waals surface area (Å²) < 4.78 is 1.16. The van der Waals surface area contributed by atoms with Crippen molar-refractivity contribution in [2.24, 2.45) is 0 Å². The zero-order valence-corrected chi connectivity index (χ0v) is 12.9. The summed E-state index contributed by atoms with van der Waals surface area (Å²) in [5.74, 6) is 0.955. The second-order valence-corrected chi connectivity index (χ2v) is 6.52. The van der Waals surface area contributed by atoms with Crippen LogP contribution in [0.3, 0.4) is 0 Å². The smallest absolute Gasteiger partial charge is 0.103 e. The largest absolute Gasteiger partial charge is 0.245 e. The summed E-state index contributed by atoms with van der Waals surface area (Å²) in [6.07, 6.45) is 2.26. The monoisotopic (exact) mass is 327 g/mol. The van der Waals surface area contributed by atoms with E-state index in [9.17, 15) is 0 Å². The fraction of sp³-hybridized carbons (Fsp3) is 0.308. The van der Waals surface area contributed by atoms with E-state index in [1.165, 1.54) is 22.0 Å². The first-order valence-electron chi connectivity index (χ1n) is 5.60. The Hall–Kier alpha value is -0.320. The van der Waals surface area contributed by atoms with Crippen molar-refractivity contribution in [3.05, 3.63) is 44.8 Å². The number of hydrogen-bond acceptors (Lipinski definition) is 3. The van der Waals surface area contributed by atoms with Crippen LogP contribution in [0.25, 0.3) is 0 Å². The van der Waals surface area contributed by atoms with Gasteiger partial charge in [0.2, 0.25) is 0 Å². The molecule has 0 aliphatic heterocycles. The van der Waals surface area contributed by atoms with E-state index in [1.807, 2.05) is 17.8 Å². The summed E-state index contributed by atoms with van der Waals surface area (Å²) in [5.41, 5.74) is 1.24. The minimum Gasteiger partial charge on any atom is -0.245 e. The standard InChI is InChI=1S/C13H14BrNS2/c1-2-5-10-8-17-13(15-10)9-16-12-7-4-3-6-11(12)14/h3-4,6-8H,2,5,9H2,1H3. The summed E-state index contributed by atoms with van der Waals surface area (Å²) in [5, 5.41) is 3.40. The fourth-order valence-corrected chi connectivity index (χ4v) is 3.90. The third-order valence-electron chi connectivity index (χ3n) is 2.29. The van der Waals surface area contributed by atoms with E-state index in [2.05, 4.69) is 51.4 Å². The molecule has 90 valence electrons. The summed E-state index contributed by atoms with van der Waals surface area (Å²) in [4.78, 5) is 5.90. The van der Waals surface area contributed by atoms with Gasteiger partial charge < -0.3 is 0 Å². The molecule has 1 nitrogen and oxygen atoms in total. The average Bonchev–Trinajstić information content (AvgIpc) is 2.76. The lowest BCUT2D eigenvalue weighted by Crippen LogP contribution is -1.85. The summed E-state index contributed by atoms with van der Waals surface area (Å²) in [6, 6.07) is 8.32. The number of thioether (sulfide) groups is 1. The Bertz CT molecular complexity index is 482. The van der Waals surface area contributed by atoms with Gasteiger partial charge in [0.25, 0.3) is 0 Å². The van der Waals surface area contributed by atoms with Crippen molar-refractivity contribution in [3.8, 4) is 0 Å². The summed E-state index contributed by atoms with van der Waals surface area (Å²) in [7, 11) is 0. The second-order valence-electron chi connectivity index (χ2n) is 3.70. The molecule has 0 N–H and O–H groups in total. The van der Waals surface area contributed by atoms with Gasteiger partial charge in [-0.1, -0.05) is 25.5 Å². The topological polar surface area (TPSA) is 12.9 Å². The van der Waals surface area contributed by atoms with Gasteiger partial charge in [0.15, 0.2) is 0 Å². The molecule has 0 atom stereocenters. The number of aromatic nitrogens is 1. The molecule has 0 bridgehead atoms. The van der Waals surface area contributed by atoms with E-state index in [1.54, 1.807) is 11.3 Å². The fourth-order valence-electron chi connectivity index (χ4n) is 1.49. The Morgan fingerprint density at radius 2 is 2.18 bits per heavy atom. The Morgan fingerprint density at radius 3 is 2.94 bits per heavy atom.